The van der Waals surface area contributed by atoms with Crippen molar-refractivity contribution in [3.63, 3.8) is 0 Å². The Hall–Kier alpha value is -0.0800. The van der Waals surface area contributed by atoms with E-state index in [1.807, 2.05) is 14.2 Å². The van der Waals surface area contributed by atoms with Gasteiger partial charge in [-0.3, -0.25) is 0 Å². The van der Waals surface area contributed by atoms with Crippen molar-refractivity contribution in [1.29, 1.82) is 0 Å². The summed E-state index contributed by atoms with van der Waals surface area (Å²) in [6.07, 6.45) is 7.33. The van der Waals surface area contributed by atoms with Gasteiger partial charge in [0.05, 0.1) is 6.10 Å². The van der Waals surface area contributed by atoms with E-state index in [1.165, 1.54) is 32.1 Å². The van der Waals surface area contributed by atoms with Gasteiger partial charge < -0.3 is 10.1 Å². The highest BCUT2D eigenvalue weighted by molar-refractivity contribution is 4.63. The summed E-state index contributed by atoms with van der Waals surface area (Å²) in [5.74, 6) is 0.787. The Labute approximate surface area is 89.4 Å². The lowest BCUT2D eigenvalue weighted by atomic mass is 9.98. The van der Waals surface area contributed by atoms with E-state index in [0.717, 1.165) is 12.5 Å². The fraction of sp³-hybridized carbons (Fsp3) is 1.00. The molecule has 0 aromatic rings. The predicted molar refractivity (Wildman–Crippen MR) is 62.6 cm³/mol. The third kappa shape index (κ3) is 8.52. The lowest BCUT2D eigenvalue weighted by molar-refractivity contribution is 0.0710. The molecule has 1 aliphatic rings. The highest BCUT2D eigenvalue weighted by Gasteiger charge is 2.10. The molecule has 86 valence electrons. The van der Waals surface area contributed by atoms with E-state index < -0.39 is 0 Å². The van der Waals surface area contributed by atoms with Gasteiger partial charge in [0.1, 0.15) is 0 Å². The van der Waals surface area contributed by atoms with Crippen LogP contribution < -0.4 is 5.32 Å². The number of rotatable bonds is 3. The summed E-state index contributed by atoms with van der Waals surface area (Å²) in [6.45, 7) is 5.51. The van der Waals surface area contributed by atoms with Gasteiger partial charge in [-0.15, -0.1) is 0 Å². The fourth-order valence-electron chi connectivity index (χ4n) is 1.71. The van der Waals surface area contributed by atoms with Crippen LogP contribution in [-0.4, -0.2) is 26.8 Å². The first-order valence-electron chi connectivity index (χ1n) is 5.88. The molecule has 2 heteroatoms. The number of nitrogens with one attached hydrogen (secondary N) is 1. The van der Waals surface area contributed by atoms with Crippen LogP contribution in [0.4, 0.5) is 0 Å². The Morgan fingerprint density at radius 2 is 1.79 bits per heavy atom. The summed E-state index contributed by atoms with van der Waals surface area (Å²) in [6, 6.07) is 0. The average Bonchev–Trinajstić information content (AvgIpc) is 2.20. The maximum Gasteiger partial charge on any atom is 0.0571 e. The summed E-state index contributed by atoms with van der Waals surface area (Å²) >= 11 is 0. The van der Waals surface area contributed by atoms with Crippen LogP contribution in [-0.2, 0) is 4.74 Å². The van der Waals surface area contributed by atoms with Crippen molar-refractivity contribution < 1.29 is 4.74 Å². The molecule has 1 aliphatic carbocycles. The zero-order chi connectivity index (χ0) is 10.8. The summed E-state index contributed by atoms with van der Waals surface area (Å²) in [7, 11) is 3.79. The van der Waals surface area contributed by atoms with Gasteiger partial charge in [0, 0.05) is 7.11 Å². The molecule has 0 aromatic heterocycles. The second-order valence-corrected chi connectivity index (χ2v) is 4.45. The Bertz CT molecular complexity index is 109. The van der Waals surface area contributed by atoms with Crippen LogP contribution in [0.5, 0.6) is 0 Å². The van der Waals surface area contributed by atoms with Gasteiger partial charge in [-0.1, -0.05) is 33.1 Å². The SMILES string of the molecule is CNCC(C)C.COC1CCCCC1. The smallest absolute Gasteiger partial charge is 0.0571 e. The van der Waals surface area contributed by atoms with Gasteiger partial charge in [0.2, 0.25) is 0 Å². The molecular weight excluding hydrogens is 174 g/mol. The normalized spacial score (nSPS) is 17.8. The Kier molecular flexibility index (Phi) is 9.42. The number of methoxy groups -OCH3 is 1. The summed E-state index contributed by atoms with van der Waals surface area (Å²) in [5.41, 5.74) is 0. The number of hydrogen-bond acceptors (Lipinski definition) is 2. The van der Waals surface area contributed by atoms with Gasteiger partial charge in [-0.25, -0.2) is 0 Å². The van der Waals surface area contributed by atoms with E-state index in [1.54, 1.807) is 0 Å². The topological polar surface area (TPSA) is 21.3 Å². The molecule has 0 heterocycles. The van der Waals surface area contributed by atoms with Gasteiger partial charge in [0.15, 0.2) is 0 Å². The van der Waals surface area contributed by atoms with Crippen molar-refractivity contribution >= 4 is 0 Å². The minimum absolute atomic E-state index is 0.587. The van der Waals surface area contributed by atoms with Crippen LogP contribution in [0.1, 0.15) is 46.0 Å². The largest absolute Gasteiger partial charge is 0.381 e. The number of hydrogen-bond donors (Lipinski definition) is 1. The Morgan fingerprint density at radius 3 is 2.00 bits per heavy atom. The minimum Gasteiger partial charge on any atom is -0.381 e. The van der Waals surface area contributed by atoms with Crippen LogP contribution >= 0.6 is 0 Å². The average molecular weight is 201 g/mol. The van der Waals surface area contributed by atoms with Crippen LogP contribution in [0.25, 0.3) is 0 Å². The minimum atomic E-state index is 0.587. The molecule has 1 N–H and O–H groups in total. The molecule has 0 spiro atoms. The third-order valence-electron chi connectivity index (χ3n) is 2.50. The van der Waals surface area contributed by atoms with Crippen LogP contribution in [0.3, 0.4) is 0 Å². The summed E-state index contributed by atoms with van der Waals surface area (Å²) < 4.78 is 5.19. The van der Waals surface area contributed by atoms with Crippen molar-refractivity contribution in [1.82, 2.24) is 5.32 Å². The maximum atomic E-state index is 5.19. The molecule has 1 rings (SSSR count). The molecule has 0 aliphatic heterocycles. The Morgan fingerprint density at radius 1 is 1.21 bits per heavy atom. The van der Waals surface area contributed by atoms with Crippen LogP contribution in [0.15, 0.2) is 0 Å². The third-order valence-corrected chi connectivity index (χ3v) is 2.50. The molecule has 0 saturated heterocycles. The van der Waals surface area contributed by atoms with E-state index in [-0.39, 0.29) is 0 Å². The quantitative estimate of drug-likeness (QED) is 0.758. The van der Waals surface area contributed by atoms with Gasteiger partial charge in [-0.05, 0) is 32.4 Å². The number of ether oxygens (including phenoxy) is 1. The first-order chi connectivity index (χ1) is 6.70. The van der Waals surface area contributed by atoms with Crippen LogP contribution in [0, 0.1) is 5.92 Å². The Balaban J connectivity index is 0.000000255. The van der Waals surface area contributed by atoms with Crippen molar-refractivity contribution in [2.45, 2.75) is 52.1 Å². The molecule has 0 radical (unpaired) electrons. The highest BCUT2D eigenvalue weighted by Crippen LogP contribution is 2.18. The zero-order valence-corrected chi connectivity index (χ0v) is 10.3. The van der Waals surface area contributed by atoms with E-state index in [2.05, 4.69) is 19.2 Å². The molecule has 0 bridgehead atoms. The van der Waals surface area contributed by atoms with Crippen molar-refractivity contribution in [2.24, 2.45) is 5.92 Å². The lowest BCUT2D eigenvalue weighted by Crippen LogP contribution is -2.13. The van der Waals surface area contributed by atoms with Gasteiger partial charge in [0.25, 0.3) is 0 Å². The van der Waals surface area contributed by atoms with Gasteiger partial charge in [-0.2, -0.15) is 0 Å². The molecule has 1 fully saturated rings. The van der Waals surface area contributed by atoms with Crippen molar-refractivity contribution in [3.05, 3.63) is 0 Å². The van der Waals surface area contributed by atoms with E-state index >= 15 is 0 Å². The standard InChI is InChI=1S/C7H14O.C5H13N/c1-8-7-5-3-2-4-6-7;1-5(2)4-6-3/h7H,2-6H2,1H3;5-6H,4H2,1-3H3. The van der Waals surface area contributed by atoms with Gasteiger partial charge >= 0.3 is 0 Å². The first-order valence-corrected chi connectivity index (χ1v) is 5.88. The lowest BCUT2D eigenvalue weighted by Gasteiger charge is -2.19. The van der Waals surface area contributed by atoms with E-state index in [4.69, 9.17) is 4.74 Å². The molecule has 2 nitrogen and oxygen atoms in total. The van der Waals surface area contributed by atoms with Crippen LogP contribution in [0.2, 0.25) is 0 Å². The summed E-state index contributed by atoms with van der Waals surface area (Å²) in [4.78, 5) is 0. The molecular formula is C12H27NO. The second kappa shape index (κ2) is 9.47. The van der Waals surface area contributed by atoms with Crippen molar-refractivity contribution in [2.75, 3.05) is 20.7 Å². The van der Waals surface area contributed by atoms with E-state index in [9.17, 15) is 0 Å². The summed E-state index contributed by atoms with van der Waals surface area (Å²) in [5, 5.41) is 3.07. The maximum absolute atomic E-state index is 5.19. The predicted octanol–water partition coefficient (Wildman–Crippen LogP) is 2.83. The molecule has 0 amide bonds. The van der Waals surface area contributed by atoms with E-state index in [0.29, 0.717) is 6.10 Å². The molecule has 0 aromatic carbocycles. The first kappa shape index (κ1) is 13.9. The fourth-order valence-corrected chi connectivity index (χ4v) is 1.71. The monoisotopic (exact) mass is 201 g/mol. The zero-order valence-electron chi connectivity index (χ0n) is 10.3. The highest BCUT2D eigenvalue weighted by atomic mass is 16.5. The second-order valence-electron chi connectivity index (χ2n) is 4.45. The van der Waals surface area contributed by atoms with Crippen molar-refractivity contribution in [3.8, 4) is 0 Å². The molecule has 0 unspecified atom stereocenters. The molecule has 1 saturated carbocycles. The molecule has 14 heavy (non-hydrogen) atoms. The molecule has 0 atom stereocenters.